The summed E-state index contributed by atoms with van der Waals surface area (Å²) in [5.74, 6) is 0. The fourth-order valence-corrected chi connectivity index (χ4v) is 2.47. The maximum Gasteiger partial charge on any atom is 0.191 e. The lowest BCUT2D eigenvalue weighted by Gasteiger charge is -2.06. The van der Waals surface area contributed by atoms with Gasteiger partial charge in [-0.05, 0) is 54.7 Å². The number of hydrogen-bond acceptors (Lipinski definition) is 3. The van der Waals surface area contributed by atoms with Gasteiger partial charge in [0.05, 0.1) is 17.8 Å². The van der Waals surface area contributed by atoms with Gasteiger partial charge < -0.3 is 10.3 Å². The van der Waals surface area contributed by atoms with E-state index in [1.165, 1.54) is 0 Å². The predicted molar refractivity (Wildman–Crippen MR) is 101 cm³/mol. The van der Waals surface area contributed by atoms with Crippen molar-refractivity contribution in [2.75, 3.05) is 5.32 Å². The van der Waals surface area contributed by atoms with Crippen LogP contribution in [0.3, 0.4) is 0 Å². The number of aromatic nitrogens is 1. The molecule has 3 aromatic rings. The standard InChI is InChI=1S/C17H12ClN5S/c18-13-2-4-14(5-3-13)22-17(24)23-21-10-12-9-20-16-6-1-11(8-19)7-15(12)16/h1-7,9-10,20H,(H2,22,23,24)/b21-10+. The molecule has 24 heavy (non-hydrogen) atoms. The van der Waals surface area contributed by atoms with E-state index in [4.69, 9.17) is 29.1 Å². The molecule has 118 valence electrons. The first-order chi connectivity index (χ1) is 11.7. The Kier molecular flexibility index (Phi) is 4.75. The number of nitriles is 1. The smallest absolute Gasteiger partial charge is 0.191 e. The van der Waals surface area contributed by atoms with Gasteiger partial charge in [-0.1, -0.05) is 11.6 Å². The number of halogens is 1. The summed E-state index contributed by atoms with van der Waals surface area (Å²) in [5.41, 5.74) is 5.98. The zero-order chi connectivity index (χ0) is 16.9. The number of rotatable bonds is 3. The minimum absolute atomic E-state index is 0.367. The normalized spacial score (nSPS) is 10.7. The molecule has 0 bridgehead atoms. The average Bonchev–Trinajstić information content (AvgIpc) is 2.99. The Hall–Kier alpha value is -2.88. The summed E-state index contributed by atoms with van der Waals surface area (Å²) in [5, 5.41) is 18.1. The highest BCUT2D eigenvalue weighted by Gasteiger charge is 2.03. The van der Waals surface area contributed by atoms with Crippen molar-refractivity contribution in [1.29, 1.82) is 5.26 Å². The van der Waals surface area contributed by atoms with Gasteiger partial charge in [0.2, 0.25) is 0 Å². The van der Waals surface area contributed by atoms with Crippen molar-refractivity contribution in [2.24, 2.45) is 5.10 Å². The summed E-state index contributed by atoms with van der Waals surface area (Å²) in [4.78, 5) is 3.13. The molecular weight excluding hydrogens is 342 g/mol. The van der Waals surface area contributed by atoms with E-state index in [2.05, 4.69) is 26.9 Å². The van der Waals surface area contributed by atoms with Crippen molar-refractivity contribution in [2.45, 2.75) is 0 Å². The van der Waals surface area contributed by atoms with Crippen molar-refractivity contribution >= 4 is 51.7 Å². The highest BCUT2D eigenvalue weighted by atomic mass is 35.5. The van der Waals surface area contributed by atoms with Crippen molar-refractivity contribution in [3.8, 4) is 6.07 Å². The van der Waals surface area contributed by atoms with E-state index >= 15 is 0 Å². The van der Waals surface area contributed by atoms with Gasteiger partial charge in [0, 0.05) is 33.4 Å². The first kappa shape index (κ1) is 16.0. The van der Waals surface area contributed by atoms with Crippen LogP contribution in [0.2, 0.25) is 5.02 Å². The molecule has 0 saturated heterocycles. The van der Waals surface area contributed by atoms with Gasteiger partial charge in [0.15, 0.2) is 5.11 Å². The summed E-state index contributed by atoms with van der Waals surface area (Å²) in [6, 6.07) is 14.8. The highest BCUT2D eigenvalue weighted by Crippen LogP contribution is 2.18. The van der Waals surface area contributed by atoms with E-state index in [0.29, 0.717) is 15.7 Å². The summed E-state index contributed by atoms with van der Waals surface area (Å²) in [6.45, 7) is 0. The molecule has 0 aliphatic rings. The average molecular weight is 354 g/mol. The van der Waals surface area contributed by atoms with Gasteiger partial charge in [0.1, 0.15) is 0 Å². The molecule has 5 nitrogen and oxygen atoms in total. The molecule has 0 unspecified atom stereocenters. The molecular formula is C17H12ClN5S. The number of H-pyrrole nitrogens is 1. The van der Waals surface area contributed by atoms with Gasteiger partial charge in [-0.2, -0.15) is 10.4 Å². The molecule has 0 atom stereocenters. The lowest BCUT2D eigenvalue weighted by molar-refractivity contribution is 1.05. The van der Waals surface area contributed by atoms with Gasteiger partial charge >= 0.3 is 0 Å². The largest absolute Gasteiger partial charge is 0.361 e. The number of aromatic amines is 1. The minimum atomic E-state index is 0.367. The van der Waals surface area contributed by atoms with Crippen LogP contribution >= 0.6 is 23.8 Å². The molecule has 0 amide bonds. The van der Waals surface area contributed by atoms with Crippen LogP contribution in [0, 0.1) is 11.3 Å². The van der Waals surface area contributed by atoms with Crippen molar-refractivity contribution < 1.29 is 0 Å². The van der Waals surface area contributed by atoms with E-state index in [9.17, 15) is 0 Å². The first-order valence-electron chi connectivity index (χ1n) is 7.02. The fraction of sp³-hybridized carbons (Fsp3) is 0. The number of hydrogen-bond donors (Lipinski definition) is 3. The molecule has 0 saturated carbocycles. The second-order valence-electron chi connectivity index (χ2n) is 4.95. The first-order valence-corrected chi connectivity index (χ1v) is 7.81. The van der Waals surface area contributed by atoms with E-state index in [0.717, 1.165) is 22.2 Å². The molecule has 3 N–H and O–H groups in total. The fourth-order valence-electron chi connectivity index (χ4n) is 2.17. The van der Waals surface area contributed by atoms with Gasteiger partial charge in [0.25, 0.3) is 0 Å². The lowest BCUT2D eigenvalue weighted by Crippen LogP contribution is -2.23. The van der Waals surface area contributed by atoms with E-state index in [1.54, 1.807) is 24.4 Å². The third-order valence-electron chi connectivity index (χ3n) is 3.31. The highest BCUT2D eigenvalue weighted by molar-refractivity contribution is 7.80. The molecule has 2 aromatic carbocycles. The Bertz CT molecular complexity index is 953. The van der Waals surface area contributed by atoms with Crippen LogP contribution in [-0.2, 0) is 0 Å². The Morgan fingerprint density at radius 3 is 2.79 bits per heavy atom. The van der Waals surface area contributed by atoms with Gasteiger partial charge in [-0.15, -0.1) is 0 Å². The number of hydrazone groups is 1. The summed E-state index contributed by atoms with van der Waals surface area (Å²) >= 11 is 11.0. The molecule has 0 aliphatic heterocycles. The zero-order valence-electron chi connectivity index (χ0n) is 12.4. The molecule has 0 fully saturated rings. The topological polar surface area (TPSA) is 76.0 Å². The summed E-state index contributed by atoms with van der Waals surface area (Å²) in [6.07, 6.45) is 3.47. The molecule has 7 heteroatoms. The van der Waals surface area contributed by atoms with Crippen LogP contribution in [0.25, 0.3) is 10.9 Å². The molecule has 1 aromatic heterocycles. The summed E-state index contributed by atoms with van der Waals surface area (Å²) < 4.78 is 0. The minimum Gasteiger partial charge on any atom is -0.361 e. The second kappa shape index (κ2) is 7.13. The van der Waals surface area contributed by atoms with Crippen LogP contribution in [0.1, 0.15) is 11.1 Å². The third-order valence-corrected chi connectivity index (χ3v) is 3.76. The third kappa shape index (κ3) is 3.71. The van der Waals surface area contributed by atoms with Crippen LogP contribution in [0.15, 0.2) is 53.8 Å². The molecule has 3 rings (SSSR count). The SMILES string of the molecule is N#Cc1ccc2[nH]cc(/C=N/NC(=S)Nc3ccc(Cl)cc3)c2c1. The van der Waals surface area contributed by atoms with Crippen molar-refractivity contribution in [3.05, 3.63) is 64.8 Å². The second-order valence-corrected chi connectivity index (χ2v) is 5.79. The number of thiocarbonyl (C=S) groups is 1. The van der Waals surface area contributed by atoms with E-state index in [1.807, 2.05) is 30.5 Å². The lowest BCUT2D eigenvalue weighted by atomic mass is 10.1. The van der Waals surface area contributed by atoms with Crippen LogP contribution in [0.4, 0.5) is 5.69 Å². The monoisotopic (exact) mass is 353 g/mol. The Balaban J connectivity index is 1.67. The summed E-state index contributed by atoms with van der Waals surface area (Å²) in [7, 11) is 0. The molecule has 0 radical (unpaired) electrons. The van der Waals surface area contributed by atoms with E-state index < -0.39 is 0 Å². The van der Waals surface area contributed by atoms with Crippen LogP contribution < -0.4 is 10.7 Å². The Labute approximate surface area is 148 Å². The molecule has 0 spiro atoms. The number of benzene rings is 2. The maximum absolute atomic E-state index is 8.99. The van der Waals surface area contributed by atoms with E-state index in [-0.39, 0.29) is 0 Å². The van der Waals surface area contributed by atoms with Crippen molar-refractivity contribution in [3.63, 3.8) is 0 Å². The van der Waals surface area contributed by atoms with Crippen molar-refractivity contribution in [1.82, 2.24) is 10.4 Å². The molecule has 0 aliphatic carbocycles. The van der Waals surface area contributed by atoms with Crippen LogP contribution in [0.5, 0.6) is 0 Å². The number of nitrogens with zero attached hydrogens (tertiary/aromatic N) is 2. The van der Waals surface area contributed by atoms with Crippen LogP contribution in [-0.4, -0.2) is 16.3 Å². The predicted octanol–water partition coefficient (Wildman–Crippen LogP) is 4.01. The zero-order valence-corrected chi connectivity index (χ0v) is 13.9. The molecule has 1 heterocycles. The van der Waals surface area contributed by atoms with Gasteiger partial charge in [-0.25, -0.2) is 0 Å². The maximum atomic E-state index is 8.99. The van der Waals surface area contributed by atoms with Gasteiger partial charge in [-0.3, -0.25) is 5.43 Å². The Morgan fingerprint density at radius 1 is 1.25 bits per heavy atom. The number of fused-ring (bicyclic) bond motifs is 1. The number of nitrogens with one attached hydrogen (secondary N) is 3. The quantitative estimate of drug-likeness (QED) is 0.378. The number of anilines is 1. The Morgan fingerprint density at radius 2 is 2.04 bits per heavy atom.